The molecule has 1 aromatic heterocycles. The van der Waals surface area contributed by atoms with E-state index in [9.17, 15) is 4.79 Å². The molecule has 0 amide bonds. The van der Waals surface area contributed by atoms with Gasteiger partial charge >= 0.3 is 185 Å². The number of ketones is 1. The van der Waals surface area contributed by atoms with Gasteiger partial charge in [0.25, 0.3) is 0 Å². The van der Waals surface area contributed by atoms with Crippen LogP contribution < -0.4 is 4.40 Å². The maximum atomic E-state index is 10.0. The van der Waals surface area contributed by atoms with Crippen LogP contribution in [0.2, 0.25) is 17.3 Å². The maximum Gasteiger partial charge on any atom is 0 e. The Hall–Kier alpha value is -3.31. The third kappa shape index (κ3) is 6.20. The van der Waals surface area contributed by atoms with Gasteiger partial charge in [0.2, 0.25) is 0 Å². The van der Waals surface area contributed by atoms with E-state index < -0.39 is 13.3 Å². The molecule has 0 aliphatic heterocycles. The Balaban J connectivity index is 0.000000413. The SMILES string of the molecule is CC(=O)/C=C(/C)O.[CH3][Ge]([CH3])([CH3])[c]1ccc2ccc3nc(-c4[c-]c5ccccc5c5ccccc45)ccc3c2c1.[Ir]. The van der Waals surface area contributed by atoms with Crippen LogP contribution in [-0.2, 0) is 24.9 Å². The number of nitrogens with zero attached hydrogens (tertiary/aromatic N) is 1. The molecule has 0 saturated heterocycles. The van der Waals surface area contributed by atoms with Gasteiger partial charge in [0.05, 0.1) is 5.76 Å². The van der Waals surface area contributed by atoms with Crippen molar-refractivity contribution in [3.8, 4) is 11.3 Å². The van der Waals surface area contributed by atoms with Gasteiger partial charge in [0, 0.05) is 26.2 Å². The van der Waals surface area contributed by atoms with E-state index >= 15 is 0 Å². The predicted molar refractivity (Wildman–Crippen MR) is 169 cm³/mol. The first-order chi connectivity index (χ1) is 18.6. The summed E-state index contributed by atoms with van der Waals surface area (Å²) >= 11 is -1.91. The van der Waals surface area contributed by atoms with Crippen molar-refractivity contribution in [1.82, 2.24) is 4.98 Å². The van der Waals surface area contributed by atoms with E-state index in [1.165, 1.54) is 56.6 Å². The fraction of sp³-hybridized carbons (Fsp3) is 0.143. The summed E-state index contributed by atoms with van der Waals surface area (Å²) in [5.74, 6) is 7.28. The van der Waals surface area contributed by atoms with Crippen LogP contribution in [0.5, 0.6) is 0 Å². The van der Waals surface area contributed by atoms with Gasteiger partial charge in [0.1, 0.15) is 0 Å². The number of aliphatic hydroxyl groups is 1. The van der Waals surface area contributed by atoms with E-state index in [1.54, 1.807) is 0 Å². The first-order valence-corrected chi connectivity index (χ1v) is 20.5. The van der Waals surface area contributed by atoms with Crippen LogP contribution in [0.4, 0.5) is 0 Å². The Morgan fingerprint density at radius 2 is 1.43 bits per heavy atom. The molecular formula is C35H32GeIrNO2-. The van der Waals surface area contributed by atoms with Gasteiger partial charge < -0.3 is 5.11 Å². The van der Waals surface area contributed by atoms with Gasteiger partial charge in [-0.05, 0) is 13.8 Å². The monoisotopic (exact) mass is 765 g/mol. The summed E-state index contributed by atoms with van der Waals surface area (Å²) in [6.45, 7) is 2.85. The van der Waals surface area contributed by atoms with E-state index in [2.05, 4.69) is 114 Å². The maximum absolute atomic E-state index is 10.0. The number of carbonyl (C=O) groups is 1. The standard InChI is InChI=1S/C30H24GeN.C5H8O2.Ir/c1-31(2,3)22-14-12-20-13-16-29-26(27(20)19-22)15-17-30(32-29)28-18-21-8-4-5-9-23(21)24-10-6-7-11-25(24)28;1-4(6)3-5(2)7;/h4-17,19H,1-3H3;3,6H,1-2H3;/q-1;;/b;4-3-;. The number of hydrogen-bond acceptors (Lipinski definition) is 3. The molecule has 0 aliphatic rings. The number of allylic oxidation sites excluding steroid dienone is 2. The smallest absolute Gasteiger partial charge is 0 e. The van der Waals surface area contributed by atoms with Crippen LogP contribution in [-0.4, -0.2) is 29.1 Å². The molecule has 203 valence electrons. The van der Waals surface area contributed by atoms with Gasteiger partial charge in [-0.3, -0.25) is 4.79 Å². The van der Waals surface area contributed by atoms with Crippen LogP contribution in [0.1, 0.15) is 13.8 Å². The molecule has 3 nitrogen and oxygen atoms in total. The number of carbonyl (C=O) groups excluding carboxylic acids is 1. The van der Waals surface area contributed by atoms with Gasteiger partial charge in [0.15, 0.2) is 5.78 Å². The van der Waals surface area contributed by atoms with E-state index in [1.807, 2.05) is 0 Å². The summed E-state index contributed by atoms with van der Waals surface area (Å²) in [5, 5.41) is 17.0. The van der Waals surface area contributed by atoms with Crippen molar-refractivity contribution in [2.45, 2.75) is 31.1 Å². The Labute approximate surface area is 251 Å². The molecule has 40 heavy (non-hydrogen) atoms. The number of fused-ring (bicyclic) bond motifs is 6. The largest absolute Gasteiger partial charge is 0 e. The summed E-state index contributed by atoms with van der Waals surface area (Å²) in [7, 11) is 0. The molecule has 1 radical (unpaired) electrons. The van der Waals surface area contributed by atoms with E-state index in [0.717, 1.165) is 22.2 Å². The fourth-order valence-electron chi connectivity index (χ4n) is 5.00. The molecule has 6 aromatic rings. The minimum atomic E-state index is -1.91. The second-order valence-electron chi connectivity index (χ2n) is 11.0. The zero-order valence-corrected chi connectivity index (χ0v) is 27.9. The summed E-state index contributed by atoms with van der Waals surface area (Å²) in [6.07, 6.45) is 1.17. The van der Waals surface area contributed by atoms with Gasteiger partial charge in [-0.25, -0.2) is 0 Å². The Morgan fingerprint density at radius 1 is 0.775 bits per heavy atom. The van der Waals surface area contributed by atoms with Crippen molar-refractivity contribution in [3.63, 3.8) is 0 Å². The molecule has 0 saturated carbocycles. The van der Waals surface area contributed by atoms with Crippen molar-refractivity contribution in [3.05, 3.63) is 109 Å². The van der Waals surface area contributed by atoms with Crippen LogP contribution in [0.25, 0.3) is 54.5 Å². The summed E-state index contributed by atoms with van der Waals surface area (Å²) in [4.78, 5) is 15.1. The van der Waals surface area contributed by atoms with E-state index in [0.29, 0.717) is 0 Å². The molecule has 5 heteroatoms. The number of rotatable bonds is 3. The average Bonchev–Trinajstić information content (AvgIpc) is 2.91. The molecule has 0 fully saturated rings. The van der Waals surface area contributed by atoms with Gasteiger partial charge in [-0.15, -0.1) is 0 Å². The van der Waals surface area contributed by atoms with E-state index in [4.69, 9.17) is 10.1 Å². The number of pyridine rings is 1. The predicted octanol–water partition coefficient (Wildman–Crippen LogP) is 8.74. The van der Waals surface area contributed by atoms with Crippen LogP contribution >= 0.6 is 0 Å². The number of aromatic nitrogens is 1. The number of aliphatic hydroxyl groups excluding tert-OH is 1. The van der Waals surface area contributed by atoms with Gasteiger partial charge in [-0.1, -0.05) is 6.07 Å². The molecule has 5 aromatic carbocycles. The zero-order valence-electron chi connectivity index (χ0n) is 23.4. The zero-order chi connectivity index (χ0) is 27.7. The van der Waals surface area contributed by atoms with E-state index in [-0.39, 0.29) is 31.6 Å². The van der Waals surface area contributed by atoms with Crippen molar-refractivity contribution < 1.29 is 30.0 Å². The van der Waals surface area contributed by atoms with Crippen molar-refractivity contribution in [2.24, 2.45) is 0 Å². The third-order valence-electron chi connectivity index (χ3n) is 6.90. The Bertz CT molecular complexity index is 1900. The third-order valence-corrected chi connectivity index (χ3v) is 11.2. The molecule has 0 bridgehead atoms. The second kappa shape index (κ2) is 12.1. The van der Waals surface area contributed by atoms with Crippen molar-refractivity contribution >= 4 is 66.7 Å². The topological polar surface area (TPSA) is 50.2 Å². The minimum Gasteiger partial charge on any atom is 0 e. The molecule has 0 atom stereocenters. The van der Waals surface area contributed by atoms with Crippen molar-refractivity contribution in [2.75, 3.05) is 0 Å². The summed E-state index contributed by atoms with van der Waals surface area (Å²) in [6, 6.07) is 36.5. The normalized spacial score (nSPS) is 11.8. The average molecular weight is 763 g/mol. The van der Waals surface area contributed by atoms with Crippen LogP contribution in [0, 0.1) is 6.07 Å². The molecule has 0 aliphatic carbocycles. The molecule has 1 N–H and O–H groups in total. The summed E-state index contributed by atoms with van der Waals surface area (Å²) in [5.41, 5.74) is 3.09. The number of hydrogen-bond donors (Lipinski definition) is 1. The van der Waals surface area contributed by atoms with Crippen molar-refractivity contribution in [1.29, 1.82) is 0 Å². The quantitative estimate of drug-likeness (QED) is 0.0646. The Kier molecular flexibility index (Phi) is 8.94. The number of benzene rings is 5. The first kappa shape index (κ1) is 29.7. The molecule has 6 rings (SSSR count). The molecular weight excluding hydrogens is 731 g/mol. The second-order valence-corrected chi connectivity index (χ2v) is 21.7. The van der Waals surface area contributed by atoms with Crippen LogP contribution in [0.15, 0.2) is 103 Å². The van der Waals surface area contributed by atoms with Crippen LogP contribution in [0.3, 0.4) is 0 Å². The van der Waals surface area contributed by atoms with Gasteiger partial charge in [-0.2, -0.15) is 0 Å². The minimum absolute atomic E-state index is 0. The fourth-order valence-corrected chi connectivity index (χ4v) is 7.44. The summed E-state index contributed by atoms with van der Waals surface area (Å²) < 4.78 is 1.53. The molecule has 0 unspecified atom stereocenters. The first-order valence-electron chi connectivity index (χ1n) is 13.2. The molecule has 0 spiro atoms. The molecule has 1 heterocycles. The Morgan fingerprint density at radius 3 is 2.08 bits per heavy atom.